The van der Waals surface area contributed by atoms with Crippen molar-refractivity contribution in [2.24, 2.45) is 0 Å². The molecule has 15 heavy (non-hydrogen) atoms. The second kappa shape index (κ2) is 6.10. The Balaban J connectivity index is 2.57. The van der Waals surface area contributed by atoms with Gasteiger partial charge in [0.1, 0.15) is 0 Å². The average molecular weight is 293 g/mol. The summed E-state index contributed by atoms with van der Waals surface area (Å²) >= 11 is 9.07. The number of halogens is 2. The van der Waals surface area contributed by atoms with Crippen LogP contribution in [0.1, 0.15) is 12.8 Å². The van der Waals surface area contributed by atoms with E-state index in [0.717, 1.165) is 4.47 Å². The van der Waals surface area contributed by atoms with Gasteiger partial charge in [-0.1, -0.05) is 11.6 Å². The number of hydrogen-bond acceptors (Lipinski definition) is 2. The molecule has 1 rings (SSSR count). The lowest BCUT2D eigenvalue weighted by Crippen LogP contribution is -2.11. The summed E-state index contributed by atoms with van der Waals surface area (Å²) in [5, 5.41) is 11.9. The minimum absolute atomic E-state index is 0.0255. The van der Waals surface area contributed by atoms with Crippen LogP contribution in [0, 0.1) is 0 Å². The Morgan fingerprint density at radius 3 is 2.87 bits per heavy atom. The van der Waals surface area contributed by atoms with E-state index in [0.29, 0.717) is 23.6 Å². The summed E-state index contributed by atoms with van der Waals surface area (Å²) in [6.45, 7) is 0.0255. The third kappa shape index (κ3) is 4.20. The monoisotopic (exact) mass is 291 g/mol. The molecule has 0 aliphatic heterocycles. The predicted molar refractivity (Wildman–Crippen MR) is 64.1 cm³/mol. The van der Waals surface area contributed by atoms with Crippen LogP contribution < -0.4 is 5.32 Å². The highest BCUT2D eigenvalue weighted by Gasteiger charge is 2.03. The van der Waals surface area contributed by atoms with Crippen LogP contribution in [0.5, 0.6) is 0 Å². The normalized spacial score (nSPS) is 10.1. The zero-order valence-electron chi connectivity index (χ0n) is 7.96. The van der Waals surface area contributed by atoms with Crippen LogP contribution in [0.2, 0.25) is 5.02 Å². The van der Waals surface area contributed by atoms with Crippen molar-refractivity contribution in [3.63, 3.8) is 0 Å². The van der Waals surface area contributed by atoms with E-state index in [-0.39, 0.29) is 12.5 Å². The molecular weight excluding hydrogens is 281 g/mol. The molecule has 0 saturated heterocycles. The van der Waals surface area contributed by atoms with E-state index in [9.17, 15) is 4.79 Å². The van der Waals surface area contributed by atoms with E-state index in [2.05, 4.69) is 21.2 Å². The van der Waals surface area contributed by atoms with Gasteiger partial charge in [-0.05, 0) is 40.5 Å². The number of carbonyl (C=O) groups is 1. The molecule has 0 heterocycles. The molecular formula is C10H11BrClNO2. The van der Waals surface area contributed by atoms with Crippen LogP contribution in [-0.2, 0) is 4.79 Å². The predicted octanol–water partition coefficient (Wildman–Crippen LogP) is 2.81. The Hall–Kier alpha value is -0.580. The molecule has 82 valence electrons. The fourth-order valence-electron chi connectivity index (χ4n) is 1.04. The van der Waals surface area contributed by atoms with Crippen LogP contribution in [0.25, 0.3) is 0 Å². The van der Waals surface area contributed by atoms with Gasteiger partial charge in [-0.25, -0.2) is 0 Å². The van der Waals surface area contributed by atoms with E-state index in [4.69, 9.17) is 16.7 Å². The van der Waals surface area contributed by atoms with E-state index in [1.165, 1.54) is 0 Å². The van der Waals surface area contributed by atoms with E-state index >= 15 is 0 Å². The first-order chi connectivity index (χ1) is 7.13. The Morgan fingerprint density at radius 2 is 2.27 bits per heavy atom. The fraction of sp³-hybridized carbons (Fsp3) is 0.300. The molecule has 0 bridgehead atoms. The summed E-state index contributed by atoms with van der Waals surface area (Å²) in [5.74, 6) is -0.113. The number of anilines is 1. The molecule has 0 atom stereocenters. The topological polar surface area (TPSA) is 49.3 Å². The second-order valence-electron chi connectivity index (χ2n) is 3.00. The van der Waals surface area contributed by atoms with Gasteiger partial charge in [-0.15, -0.1) is 0 Å². The third-order valence-electron chi connectivity index (χ3n) is 1.77. The SMILES string of the molecule is O=C(CCCO)Nc1ccc(Cl)c(Br)c1. The number of aliphatic hydroxyl groups excluding tert-OH is 1. The summed E-state index contributed by atoms with van der Waals surface area (Å²) in [5.41, 5.74) is 0.689. The number of hydrogen-bond donors (Lipinski definition) is 2. The zero-order valence-corrected chi connectivity index (χ0v) is 10.3. The number of amides is 1. The molecule has 0 aromatic heterocycles. The maximum absolute atomic E-state index is 11.3. The third-order valence-corrected chi connectivity index (χ3v) is 2.98. The van der Waals surface area contributed by atoms with Gasteiger partial charge >= 0.3 is 0 Å². The average Bonchev–Trinajstić information content (AvgIpc) is 2.20. The van der Waals surface area contributed by atoms with Crippen molar-refractivity contribution in [3.05, 3.63) is 27.7 Å². The van der Waals surface area contributed by atoms with Gasteiger partial charge in [-0.3, -0.25) is 4.79 Å². The van der Waals surface area contributed by atoms with Crippen LogP contribution in [-0.4, -0.2) is 17.6 Å². The molecule has 0 aliphatic carbocycles. The molecule has 1 aromatic rings. The molecule has 2 N–H and O–H groups in total. The van der Waals surface area contributed by atoms with Crippen LogP contribution in [0.15, 0.2) is 22.7 Å². The van der Waals surface area contributed by atoms with Crippen LogP contribution in [0.3, 0.4) is 0 Å². The minimum Gasteiger partial charge on any atom is -0.396 e. The van der Waals surface area contributed by atoms with Crippen molar-refractivity contribution < 1.29 is 9.90 Å². The molecule has 0 spiro atoms. The first kappa shape index (κ1) is 12.5. The summed E-state index contributed by atoms with van der Waals surface area (Å²) in [6.07, 6.45) is 0.789. The largest absolute Gasteiger partial charge is 0.396 e. The van der Waals surface area contributed by atoms with Gasteiger partial charge in [-0.2, -0.15) is 0 Å². The summed E-state index contributed by atoms with van der Waals surface area (Å²) in [4.78, 5) is 11.3. The van der Waals surface area contributed by atoms with Crippen molar-refractivity contribution in [3.8, 4) is 0 Å². The zero-order chi connectivity index (χ0) is 11.3. The second-order valence-corrected chi connectivity index (χ2v) is 4.27. The highest BCUT2D eigenvalue weighted by molar-refractivity contribution is 9.10. The van der Waals surface area contributed by atoms with Gasteiger partial charge in [0.2, 0.25) is 5.91 Å². The fourth-order valence-corrected chi connectivity index (χ4v) is 1.53. The molecule has 0 radical (unpaired) electrons. The Labute approximate surface area is 102 Å². The van der Waals surface area contributed by atoms with Crippen molar-refractivity contribution in [2.45, 2.75) is 12.8 Å². The lowest BCUT2D eigenvalue weighted by molar-refractivity contribution is -0.116. The summed E-state index contributed by atoms with van der Waals surface area (Å²) in [7, 11) is 0. The smallest absolute Gasteiger partial charge is 0.224 e. The highest BCUT2D eigenvalue weighted by atomic mass is 79.9. The van der Waals surface area contributed by atoms with Gasteiger partial charge in [0.25, 0.3) is 0 Å². The number of benzene rings is 1. The molecule has 0 fully saturated rings. The first-order valence-corrected chi connectivity index (χ1v) is 5.66. The lowest BCUT2D eigenvalue weighted by atomic mass is 10.3. The Bertz CT molecular complexity index is 357. The minimum atomic E-state index is -0.113. The molecule has 0 aliphatic rings. The summed E-state index contributed by atoms with van der Waals surface area (Å²) in [6, 6.07) is 5.16. The van der Waals surface area contributed by atoms with Gasteiger partial charge in [0.15, 0.2) is 0 Å². The molecule has 3 nitrogen and oxygen atoms in total. The van der Waals surface area contributed by atoms with Gasteiger partial charge in [0.05, 0.1) is 5.02 Å². The quantitative estimate of drug-likeness (QED) is 0.896. The van der Waals surface area contributed by atoms with Crippen molar-refractivity contribution in [2.75, 3.05) is 11.9 Å². The van der Waals surface area contributed by atoms with Crippen molar-refractivity contribution in [1.82, 2.24) is 0 Å². The van der Waals surface area contributed by atoms with Crippen LogP contribution in [0.4, 0.5) is 5.69 Å². The number of carbonyl (C=O) groups excluding carboxylic acids is 1. The molecule has 0 saturated carbocycles. The lowest BCUT2D eigenvalue weighted by Gasteiger charge is -2.05. The molecule has 1 aromatic carbocycles. The maximum Gasteiger partial charge on any atom is 0.224 e. The van der Waals surface area contributed by atoms with Gasteiger partial charge in [0, 0.05) is 23.2 Å². The number of rotatable bonds is 4. The summed E-state index contributed by atoms with van der Waals surface area (Å²) < 4.78 is 0.740. The molecule has 0 unspecified atom stereocenters. The van der Waals surface area contributed by atoms with Gasteiger partial charge < -0.3 is 10.4 Å². The van der Waals surface area contributed by atoms with E-state index in [1.807, 2.05) is 0 Å². The van der Waals surface area contributed by atoms with Crippen molar-refractivity contribution >= 4 is 39.1 Å². The maximum atomic E-state index is 11.3. The standard InChI is InChI=1S/C10H11BrClNO2/c11-8-6-7(3-4-9(8)12)13-10(15)2-1-5-14/h3-4,6,14H,1-2,5H2,(H,13,15). The Morgan fingerprint density at radius 1 is 1.53 bits per heavy atom. The van der Waals surface area contributed by atoms with Crippen molar-refractivity contribution in [1.29, 1.82) is 0 Å². The molecule has 5 heteroatoms. The Kier molecular flexibility index (Phi) is 5.08. The molecule has 1 amide bonds. The van der Waals surface area contributed by atoms with E-state index < -0.39 is 0 Å². The number of nitrogens with one attached hydrogen (secondary N) is 1. The highest BCUT2D eigenvalue weighted by Crippen LogP contribution is 2.25. The van der Waals surface area contributed by atoms with Crippen LogP contribution >= 0.6 is 27.5 Å². The van der Waals surface area contributed by atoms with E-state index in [1.54, 1.807) is 18.2 Å². The number of aliphatic hydroxyl groups is 1. The first-order valence-electron chi connectivity index (χ1n) is 4.49.